The smallest absolute Gasteiger partial charge is 0.340 e. The first kappa shape index (κ1) is 22.1. The summed E-state index contributed by atoms with van der Waals surface area (Å²) in [6.07, 6.45) is 2.33. The van der Waals surface area contributed by atoms with Crippen LogP contribution in [0.25, 0.3) is 10.9 Å². The number of fused-ring (bicyclic) bond motifs is 1. The van der Waals surface area contributed by atoms with Crippen LogP contribution in [0.3, 0.4) is 0 Å². The van der Waals surface area contributed by atoms with E-state index in [4.69, 9.17) is 27.9 Å². The number of methoxy groups -OCH3 is 1. The lowest BCUT2D eigenvalue weighted by molar-refractivity contribution is 0.0603. The third-order valence-corrected chi connectivity index (χ3v) is 6.20. The molecular weight excluding hydrogens is 451 g/mol. The van der Waals surface area contributed by atoms with Crippen molar-refractivity contribution in [1.82, 2.24) is 4.57 Å². The van der Waals surface area contributed by atoms with Gasteiger partial charge in [-0.25, -0.2) is 13.2 Å². The molecule has 3 rings (SSSR count). The summed E-state index contributed by atoms with van der Waals surface area (Å²) in [7, 11) is -2.64. The highest BCUT2D eigenvalue weighted by Crippen LogP contribution is 2.30. The Morgan fingerprint density at radius 2 is 1.70 bits per heavy atom. The minimum absolute atomic E-state index is 0.153. The molecule has 1 aromatic heterocycles. The van der Waals surface area contributed by atoms with Gasteiger partial charge in [-0.2, -0.15) is 0 Å². The lowest BCUT2D eigenvalue weighted by Crippen LogP contribution is -2.44. The van der Waals surface area contributed by atoms with E-state index in [0.717, 1.165) is 10.6 Å². The van der Waals surface area contributed by atoms with Crippen LogP contribution >= 0.6 is 23.2 Å². The van der Waals surface area contributed by atoms with E-state index in [-0.39, 0.29) is 21.3 Å². The van der Waals surface area contributed by atoms with E-state index in [2.05, 4.69) is 0 Å². The van der Waals surface area contributed by atoms with E-state index >= 15 is 0 Å². The normalized spacial score (nSPS) is 12.6. The van der Waals surface area contributed by atoms with Gasteiger partial charge in [-0.3, -0.25) is 13.7 Å². The highest BCUT2D eigenvalue weighted by Gasteiger charge is 2.32. The molecule has 0 radical (unpaired) electrons. The van der Waals surface area contributed by atoms with Crippen LogP contribution in [0.5, 0.6) is 0 Å². The highest BCUT2D eigenvalue weighted by molar-refractivity contribution is 7.92. The van der Waals surface area contributed by atoms with E-state index < -0.39 is 27.9 Å². The van der Waals surface area contributed by atoms with Crippen LogP contribution in [0.1, 0.15) is 22.1 Å². The largest absolute Gasteiger partial charge is 0.465 e. The molecular formula is C20H18Cl2N2O5S. The molecule has 0 saturated heterocycles. The molecule has 7 nitrogen and oxygen atoms in total. The van der Waals surface area contributed by atoms with Gasteiger partial charge in [0.2, 0.25) is 10.0 Å². The van der Waals surface area contributed by atoms with Crippen molar-refractivity contribution in [3.05, 3.63) is 64.3 Å². The SMILES string of the molecule is COC(=O)c1cn(C(=O)C(C)N(c2cc(Cl)cc(Cl)c2)S(C)(=O)=O)c2ccccc12. The second-order valence-electron chi connectivity index (χ2n) is 6.62. The predicted octanol–water partition coefficient (Wildman–Crippen LogP) is 4.23. The van der Waals surface area contributed by atoms with Crippen LogP contribution in [0.4, 0.5) is 5.69 Å². The average molecular weight is 469 g/mol. The molecule has 158 valence electrons. The summed E-state index contributed by atoms with van der Waals surface area (Å²) in [4.78, 5) is 25.5. The zero-order chi connectivity index (χ0) is 22.2. The van der Waals surface area contributed by atoms with Gasteiger partial charge < -0.3 is 4.74 Å². The van der Waals surface area contributed by atoms with Crippen molar-refractivity contribution in [2.75, 3.05) is 17.7 Å². The van der Waals surface area contributed by atoms with Crippen molar-refractivity contribution < 1.29 is 22.7 Å². The summed E-state index contributed by atoms with van der Waals surface area (Å²) < 4.78 is 32.1. The Morgan fingerprint density at radius 1 is 1.10 bits per heavy atom. The maximum Gasteiger partial charge on any atom is 0.340 e. The number of hydrogen-bond acceptors (Lipinski definition) is 5. The number of sulfonamides is 1. The van der Waals surface area contributed by atoms with Gasteiger partial charge in [-0.1, -0.05) is 41.4 Å². The highest BCUT2D eigenvalue weighted by atomic mass is 35.5. The molecule has 3 aromatic rings. The molecule has 0 aliphatic rings. The second kappa shape index (κ2) is 8.29. The Hall–Kier alpha value is -2.55. The zero-order valence-electron chi connectivity index (χ0n) is 16.3. The van der Waals surface area contributed by atoms with Gasteiger partial charge in [0.05, 0.1) is 30.1 Å². The Balaban J connectivity index is 2.14. The predicted molar refractivity (Wildman–Crippen MR) is 117 cm³/mol. The van der Waals surface area contributed by atoms with Crippen molar-refractivity contribution in [2.24, 2.45) is 0 Å². The van der Waals surface area contributed by atoms with Crippen molar-refractivity contribution in [3.63, 3.8) is 0 Å². The number of ether oxygens (including phenoxy) is 1. The molecule has 1 unspecified atom stereocenters. The molecule has 0 bridgehead atoms. The van der Waals surface area contributed by atoms with Gasteiger partial charge in [0.15, 0.2) is 0 Å². The van der Waals surface area contributed by atoms with Crippen molar-refractivity contribution in [2.45, 2.75) is 13.0 Å². The van der Waals surface area contributed by atoms with Crippen LogP contribution in [-0.2, 0) is 14.8 Å². The number of esters is 1. The lowest BCUT2D eigenvalue weighted by atomic mass is 10.2. The Morgan fingerprint density at radius 3 is 2.27 bits per heavy atom. The van der Waals surface area contributed by atoms with Gasteiger partial charge >= 0.3 is 5.97 Å². The first-order chi connectivity index (χ1) is 14.0. The number of nitrogens with zero attached hydrogens (tertiary/aromatic N) is 2. The number of hydrogen-bond donors (Lipinski definition) is 0. The molecule has 0 fully saturated rings. The molecule has 0 saturated carbocycles. The molecule has 0 N–H and O–H groups in total. The average Bonchev–Trinajstić information content (AvgIpc) is 3.04. The summed E-state index contributed by atoms with van der Waals surface area (Å²) in [6, 6.07) is 9.90. The van der Waals surface area contributed by atoms with Crippen molar-refractivity contribution in [3.8, 4) is 0 Å². The first-order valence-corrected chi connectivity index (χ1v) is 11.3. The van der Waals surface area contributed by atoms with Crippen LogP contribution in [0.15, 0.2) is 48.7 Å². The summed E-state index contributed by atoms with van der Waals surface area (Å²) in [5.41, 5.74) is 0.804. The molecule has 0 amide bonds. The van der Waals surface area contributed by atoms with E-state index in [1.165, 1.54) is 43.0 Å². The van der Waals surface area contributed by atoms with Crippen LogP contribution in [0, 0.1) is 0 Å². The fraction of sp³-hybridized carbons (Fsp3) is 0.200. The maximum atomic E-state index is 13.4. The number of rotatable bonds is 5. The Kier molecular flexibility index (Phi) is 6.12. The Labute approximate surface area is 183 Å². The van der Waals surface area contributed by atoms with E-state index in [9.17, 15) is 18.0 Å². The second-order valence-corrected chi connectivity index (χ2v) is 9.35. The molecule has 0 spiro atoms. The van der Waals surface area contributed by atoms with Gasteiger partial charge in [0, 0.05) is 21.6 Å². The monoisotopic (exact) mass is 468 g/mol. The van der Waals surface area contributed by atoms with Gasteiger partial charge in [0.25, 0.3) is 5.91 Å². The van der Waals surface area contributed by atoms with E-state index in [0.29, 0.717) is 10.9 Å². The fourth-order valence-electron chi connectivity index (χ4n) is 3.31. The maximum absolute atomic E-state index is 13.4. The first-order valence-electron chi connectivity index (χ1n) is 8.72. The lowest BCUT2D eigenvalue weighted by Gasteiger charge is -2.28. The quantitative estimate of drug-likeness (QED) is 0.522. The minimum atomic E-state index is -3.88. The summed E-state index contributed by atoms with van der Waals surface area (Å²) in [6.45, 7) is 1.45. The summed E-state index contributed by atoms with van der Waals surface area (Å²) in [5.74, 6) is -1.17. The molecule has 1 atom stereocenters. The number of anilines is 1. The number of halogens is 2. The molecule has 30 heavy (non-hydrogen) atoms. The standard InChI is InChI=1S/C20H18Cl2N2O5S/c1-12(24(30(3,27)28)15-9-13(21)8-14(22)10-15)19(25)23-11-17(20(26)29-2)16-6-4-5-7-18(16)23/h4-12H,1-3H3. The molecule has 0 aliphatic carbocycles. The topological polar surface area (TPSA) is 85.7 Å². The summed E-state index contributed by atoms with van der Waals surface area (Å²) >= 11 is 12.1. The summed E-state index contributed by atoms with van der Waals surface area (Å²) in [5, 5.41) is 0.969. The third kappa shape index (κ3) is 4.16. The van der Waals surface area contributed by atoms with Crippen molar-refractivity contribution in [1.29, 1.82) is 0 Å². The van der Waals surface area contributed by atoms with Crippen LogP contribution in [-0.4, -0.2) is 44.3 Å². The Bertz CT molecular complexity index is 1230. The number of para-hydroxylation sites is 1. The number of carbonyl (C=O) groups is 2. The zero-order valence-corrected chi connectivity index (χ0v) is 18.6. The van der Waals surface area contributed by atoms with Crippen LogP contribution in [0.2, 0.25) is 10.0 Å². The fourth-order valence-corrected chi connectivity index (χ4v) is 4.97. The third-order valence-electron chi connectivity index (χ3n) is 4.52. The molecule has 10 heteroatoms. The van der Waals surface area contributed by atoms with E-state index in [1.807, 2.05) is 0 Å². The molecule has 2 aromatic carbocycles. The number of benzene rings is 2. The number of aromatic nitrogens is 1. The van der Waals surface area contributed by atoms with Crippen LogP contribution < -0.4 is 4.31 Å². The number of carbonyl (C=O) groups excluding carboxylic acids is 2. The van der Waals surface area contributed by atoms with Crippen molar-refractivity contribution >= 4 is 61.7 Å². The molecule has 0 aliphatic heterocycles. The van der Waals surface area contributed by atoms with Gasteiger partial charge in [0.1, 0.15) is 6.04 Å². The van der Waals surface area contributed by atoms with Gasteiger partial charge in [-0.05, 0) is 31.2 Å². The van der Waals surface area contributed by atoms with Gasteiger partial charge in [-0.15, -0.1) is 0 Å². The van der Waals surface area contributed by atoms with E-state index in [1.54, 1.807) is 24.3 Å². The minimum Gasteiger partial charge on any atom is -0.465 e. The molecule has 1 heterocycles.